The van der Waals surface area contributed by atoms with Gasteiger partial charge in [0.05, 0.1) is 11.8 Å². The van der Waals surface area contributed by atoms with Gasteiger partial charge < -0.3 is 5.32 Å². The molecule has 2 aliphatic carbocycles. The average Bonchev–Trinajstić information content (AvgIpc) is 3.17. The minimum atomic E-state index is -0.394. The van der Waals surface area contributed by atoms with Crippen LogP contribution in [0.5, 0.6) is 0 Å². The number of amides is 3. The van der Waals surface area contributed by atoms with Crippen molar-refractivity contribution in [3.05, 3.63) is 41.4 Å². The van der Waals surface area contributed by atoms with Crippen LogP contribution in [0.4, 0.5) is 5.69 Å². The molecule has 1 aromatic rings. The highest BCUT2D eigenvalue weighted by atomic mass is 35.5. The van der Waals surface area contributed by atoms with E-state index in [9.17, 15) is 14.4 Å². The van der Waals surface area contributed by atoms with E-state index in [2.05, 4.69) is 5.32 Å². The van der Waals surface area contributed by atoms with Crippen LogP contribution in [0.2, 0.25) is 5.02 Å². The molecule has 6 heteroatoms. The molecule has 3 aliphatic rings. The van der Waals surface area contributed by atoms with Gasteiger partial charge in [0.15, 0.2) is 0 Å². The number of likely N-dealkylation sites (tertiary alicyclic amines) is 1. The Bertz CT molecular complexity index is 715. The third-order valence-electron chi connectivity index (χ3n) is 4.97. The first kappa shape index (κ1) is 14.5. The maximum Gasteiger partial charge on any atom is 0.244 e. The molecule has 1 saturated heterocycles. The topological polar surface area (TPSA) is 66.5 Å². The third kappa shape index (κ3) is 2.27. The van der Waals surface area contributed by atoms with Gasteiger partial charge in [-0.3, -0.25) is 19.3 Å². The molecule has 1 heterocycles. The SMILES string of the molecule is O=C(CN1C(=O)[C@@H]2[C@H](C1=O)[C@H]1C=C[C@@H]2C1)Nc1cccc(Cl)c1. The Balaban J connectivity index is 1.46. The predicted molar refractivity (Wildman–Crippen MR) is 84.5 cm³/mol. The number of fused-ring (bicyclic) bond motifs is 5. The maximum absolute atomic E-state index is 12.5. The van der Waals surface area contributed by atoms with E-state index in [0.29, 0.717) is 10.7 Å². The maximum atomic E-state index is 12.5. The fourth-order valence-corrected chi connectivity index (χ4v) is 4.22. The number of rotatable bonds is 3. The number of nitrogens with zero attached hydrogens (tertiary/aromatic N) is 1. The molecule has 0 spiro atoms. The second-order valence-corrected chi connectivity index (χ2v) is 6.76. The summed E-state index contributed by atoms with van der Waals surface area (Å²) in [6.07, 6.45) is 4.95. The van der Waals surface area contributed by atoms with E-state index in [1.165, 1.54) is 0 Å². The third-order valence-corrected chi connectivity index (χ3v) is 5.21. The van der Waals surface area contributed by atoms with Gasteiger partial charge in [0.25, 0.3) is 0 Å². The lowest BCUT2D eigenvalue weighted by atomic mass is 9.85. The highest BCUT2D eigenvalue weighted by Gasteiger charge is 2.59. The van der Waals surface area contributed by atoms with Gasteiger partial charge in [-0.2, -0.15) is 0 Å². The van der Waals surface area contributed by atoms with Crippen LogP contribution in [0.15, 0.2) is 36.4 Å². The van der Waals surface area contributed by atoms with E-state index in [1.54, 1.807) is 24.3 Å². The van der Waals surface area contributed by atoms with Gasteiger partial charge in [-0.25, -0.2) is 0 Å². The van der Waals surface area contributed by atoms with Crippen molar-refractivity contribution in [2.75, 3.05) is 11.9 Å². The first-order chi connectivity index (χ1) is 11.0. The quantitative estimate of drug-likeness (QED) is 0.681. The molecule has 4 atom stereocenters. The molecule has 2 fully saturated rings. The van der Waals surface area contributed by atoms with Crippen molar-refractivity contribution in [2.45, 2.75) is 6.42 Å². The van der Waals surface area contributed by atoms with Crippen LogP contribution in [0.25, 0.3) is 0 Å². The first-order valence-corrected chi connectivity index (χ1v) is 8.01. The number of carbonyl (C=O) groups is 3. The Morgan fingerprint density at radius 2 is 1.83 bits per heavy atom. The molecule has 1 aliphatic heterocycles. The van der Waals surface area contributed by atoms with E-state index in [-0.39, 0.29) is 42.0 Å². The van der Waals surface area contributed by atoms with E-state index >= 15 is 0 Å². The van der Waals surface area contributed by atoms with Crippen LogP contribution in [0.1, 0.15) is 6.42 Å². The minimum Gasteiger partial charge on any atom is -0.324 e. The Kier molecular flexibility index (Phi) is 3.27. The van der Waals surface area contributed by atoms with Crippen molar-refractivity contribution in [3.8, 4) is 0 Å². The van der Waals surface area contributed by atoms with E-state index in [1.807, 2.05) is 12.2 Å². The summed E-state index contributed by atoms with van der Waals surface area (Å²) in [5.41, 5.74) is 0.545. The van der Waals surface area contributed by atoms with Crippen LogP contribution in [-0.2, 0) is 14.4 Å². The van der Waals surface area contributed by atoms with Crippen LogP contribution in [-0.4, -0.2) is 29.2 Å². The lowest BCUT2D eigenvalue weighted by Crippen LogP contribution is -2.39. The van der Waals surface area contributed by atoms with E-state index in [0.717, 1.165) is 11.3 Å². The molecule has 23 heavy (non-hydrogen) atoms. The summed E-state index contributed by atoms with van der Waals surface area (Å²) in [4.78, 5) is 38.3. The average molecular weight is 331 g/mol. The number of nitrogens with one attached hydrogen (secondary N) is 1. The van der Waals surface area contributed by atoms with Crippen molar-refractivity contribution in [2.24, 2.45) is 23.7 Å². The summed E-state index contributed by atoms with van der Waals surface area (Å²) in [5, 5.41) is 3.18. The summed E-state index contributed by atoms with van der Waals surface area (Å²) in [6, 6.07) is 6.74. The number of benzene rings is 1. The fraction of sp³-hybridized carbons (Fsp3) is 0.353. The van der Waals surface area contributed by atoms with E-state index in [4.69, 9.17) is 11.6 Å². The number of halogens is 1. The van der Waals surface area contributed by atoms with Gasteiger partial charge in [0.1, 0.15) is 6.54 Å². The molecular weight excluding hydrogens is 316 g/mol. The highest BCUT2D eigenvalue weighted by molar-refractivity contribution is 6.30. The Hall–Kier alpha value is -2.14. The molecule has 5 nitrogen and oxygen atoms in total. The lowest BCUT2D eigenvalue weighted by molar-refractivity contribution is -0.143. The summed E-state index contributed by atoms with van der Waals surface area (Å²) in [7, 11) is 0. The minimum absolute atomic E-state index is 0.155. The number of anilines is 1. The molecule has 3 amide bonds. The Morgan fingerprint density at radius 3 is 2.43 bits per heavy atom. The number of allylic oxidation sites excluding steroid dienone is 2. The highest BCUT2D eigenvalue weighted by Crippen LogP contribution is 2.52. The van der Waals surface area contributed by atoms with Crippen LogP contribution >= 0.6 is 11.6 Å². The lowest BCUT2D eigenvalue weighted by Gasteiger charge is -2.16. The van der Waals surface area contributed by atoms with Crippen molar-refractivity contribution < 1.29 is 14.4 Å². The summed E-state index contributed by atoms with van der Waals surface area (Å²) in [6.45, 7) is -0.239. The molecule has 4 rings (SSSR count). The molecular formula is C17H15ClN2O3. The zero-order chi connectivity index (χ0) is 16.1. The molecule has 0 aromatic heterocycles. The van der Waals surface area contributed by atoms with Gasteiger partial charge in [0.2, 0.25) is 17.7 Å². The zero-order valence-electron chi connectivity index (χ0n) is 12.2. The van der Waals surface area contributed by atoms with Crippen molar-refractivity contribution in [1.29, 1.82) is 0 Å². The predicted octanol–water partition coefficient (Wildman–Crippen LogP) is 2.09. The van der Waals surface area contributed by atoms with Crippen molar-refractivity contribution in [1.82, 2.24) is 4.90 Å². The van der Waals surface area contributed by atoms with Gasteiger partial charge in [0, 0.05) is 10.7 Å². The van der Waals surface area contributed by atoms with Crippen LogP contribution in [0.3, 0.4) is 0 Å². The number of carbonyl (C=O) groups excluding carboxylic acids is 3. The fourth-order valence-electron chi connectivity index (χ4n) is 4.03. The van der Waals surface area contributed by atoms with E-state index < -0.39 is 5.91 Å². The largest absolute Gasteiger partial charge is 0.324 e. The van der Waals surface area contributed by atoms with Crippen LogP contribution < -0.4 is 5.32 Å². The summed E-state index contributed by atoms with van der Waals surface area (Å²) >= 11 is 5.87. The molecule has 2 bridgehead atoms. The van der Waals surface area contributed by atoms with Gasteiger partial charge in [-0.15, -0.1) is 0 Å². The molecule has 1 N–H and O–H groups in total. The van der Waals surface area contributed by atoms with Crippen molar-refractivity contribution in [3.63, 3.8) is 0 Å². The van der Waals surface area contributed by atoms with Gasteiger partial charge >= 0.3 is 0 Å². The molecule has 1 saturated carbocycles. The number of imide groups is 1. The van der Waals surface area contributed by atoms with Crippen LogP contribution in [0, 0.1) is 23.7 Å². The number of hydrogen-bond acceptors (Lipinski definition) is 3. The molecule has 0 radical (unpaired) electrons. The standard InChI is InChI=1S/C17H15ClN2O3/c18-11-2-1-3-12(7-11)19-13(21)8-20-16(22)14-9-4-5-10(6-9)15(14)17(20)23/h1-5,7,9-10,14-15H,6,8H2,(H,19,21)/t9-,10+,14+,15-. The summed E-state index contributed by atoms with van der Waals surface area (Å²) in [5.74, 6) is -1.04. The molecule has 0 unspecified atom stereocenters. The molecule has 118 valence electrons. The first-order valence-electron chi connectivity index (χ1n) is 7.63. The smallest absolute Gasteiger partial charge is 0.244 e. The monoisotopic (exact) mass is 330 g/mol. The second-order valence-electron chi connectivity index (χ2n) is 6.32. The van der Waals surface area contributed by atoms with Crippen molar-refractivity contribution >= 4 is 35.0 Å². The zero-order valence-corrected chi connectivity index (χ0v) is 13.0. The van der Waals surface area contributed by atoms with Gasteiger partial charge in [-0.1, -0.05) is 29.8 Å². The number of hydrogen-bond donors (Lipinski definition) is 1. The second kappa shape index (κ2) is 5.20. The van der Waals surface area contributed by atoms with Gasteiger partial charge in [-0.05, 0) is 36.5 Å². The Labute approximate surface area is 138 Å². The molecule has 1 aromatic carbocycles. The summed E-state index contributed by atoms with van der Waals surface area (Å²) < 4.78 is 0. The Morgan fingerprint density at radius 1 is 1.17 bits per heavy atom. The normalized spacial score (nSPS) is 30.9.